The van der Waals surface area contributed by atoms with Crippen LogP contribution in [0.2, 0.25) is 0 Å². The molecule has 0 amide bonds. The second-order valence-corrected chi connectivity index (χ2v) is 3.21. The van der Waals surface area contributed by atoms with E-state index in [1.54, 1.807) is 19.2 Å². The van der Waals surface area contributed by atoms with E-state index in [4.69, 9.17) is 10.5 Å². The highest BCUT2D eigenvalue weighted by molar-refractivity contribution is 5.69. The Balaban J connectivity index is 2.63. The average molecular weight is 217 g/mol. The summed E-state index contributed by atoms with van der Waals surface area (Å²) in [5, 5.41) is 0. The quantitative estimate of drug-likeness (QED) is 0.787. The number of rotatable bonds is 2. The molecule has 1 aromatic heterocycles. The van der Waals surface area contributed by atoms with Crippen LogP contribution in [0.4, 0.5) is 5.95 Å². The maximum atomic E-state index is 11.7. The number of para-hydroxylation sites is 1. The lowest BCUT2D eigenvalue weighted by Gasteiger charge is -2.06. The van der Waals surface area contributed by atoms with Crippen LogP contribution in [-0.2, 0) is 0 Å². The van der Waals surface area contributed by atoms with Crippen LogP contribution in [0.1, 0.15) is 0 Å². The summed E-state index contributed by atoms with van der Waals surface area (Å²) in [6, 6.07) is 7.24. The fraction of sp³-hybridized carbons (Fsp3) is 0.0909. The Kier molecular flexibility index (Phi) is 2.59. The van der Waals surface area contributed by atoms with E-state index < -0.39 is 0 Å². The third-order valence-electron chi connectivity index (χ3n) is 2.22. The summed E-state index contributed by atoms with van der Waals surface area (Å²) in [6.45, 7) is 0. The minimum atomic E-state index is -0.281. The maximum Gasteiger partial charge on any atom is 0.260 e. The van der Waals surface area contributed by atoms with Gasteiger partial charge in [-0.3, -0.25) is 9.78 Å². The van der Waals surface area contributed by atoms with E-state index in [0.29, 0.717) is 16.9 Å². The molecule has 0 saturated carbocycles. The number of H-pyrrole nitrogens is 1. The normalized spacial score (nSPS) is 10.1. The van der Waals surface area contributed by atoms with Crippen molar-refractivity contribution in [1.29, 1.82) is 0 Å². The van der Waals surface area contributed by atoms with Gasteiger partial charge in [0, 0.05) is 11.8 Å². The molecule has 0 unspecified atom stereocenters. The van der Waals surface area contributed by atoms with Gasteiger partial charge >= 0.3 is 0 Å². The van der Waals surface area contributed by atoms with E-state index in [2.05, 4.69) is 9.97 Å². The number of aromatic nitrogens is 2. The molecule has 16 heavy (non-hydrogen) atoms. The Morgan fingerprint density at radius 1 is 1.31 bits per heavy atom. The zero-order chi connectivity index (χ0) is 11.5. The molecule has 0 fully saturated rings. The molecule has 0 aliphatic heterocycles. The third-order valence-corrected chi connectivity index (χ3v) is 2.22. The van der Waals surface area contributed by atoms with Gasteiger partial charge in [-0.2, -0.15) is 0 Å². The molecule has 82 valence electrons. The molecular formula is C11H11N3O2. The molecule has 0 aliphatic rings. The fourth-order valence-corrected chi connectivity index (χ4v) is 1.47. The van der Waals surface area contributed by atoms with Crippen molar-refractivity contribution in [3.63, 3.8) is 0 Å². The second-order valence-electron chi connectivity index (χ2n) is 3.21. The minimum Gasteiger partial charge on any atom is -0.496 e. The van der Waals surface area contributed by atoms with Crippen molar-refractivity contribution < 1.29 is 4.74 Å². The molecule has 0 saturated heterocycles. The number of nitrogens with zero attached hydrogens (tertiary/aromatic N) is 1. The number of anilines is 1. The van der Waals surface area contributed by atoms with Gasteiger partial charge in [-0.15, -0.1) is 0 Å². The highest BCUT2D eigenvalue weighted by Gasteiger charge is 2.09. The molecule has 1 heterocycles. The van der Waals surface area contributed by atoms with E-state index in [-0.39, 0.29) is 11.5 Å². The van der Waals surface area contributed by atoms with Gasteiger partial charge in [-0.05, 0) is 6.07 Å². The lowest BCUT2D eigenvalue weighted by molar-refractivity contribution is 0.416. The number of nitrogen functional groups attached to an aromatic ring is 1. The van der Waals surface area contributed by atoms with Gasteiger partial charge in [-0.1, -0.05) is 18.2 Å². The Morgan fingerprint density at radius 2 is 2.06 bits per heavy atom. The van der Waals surface area contributed by atoms with Gasteiger partial charge < -0.3 is 10.5 Å². The number of ether oxygens (including phenoxy) is 1. The van der Waals surface area contributed by atoms with Crippen LogP contribution >= 0.6 is 0 Å². The van der Waals surface area contributed by atoms with E-state index in [9.17, 15) is 4.79 Å². The van der Waals surface area contributed by atoms with Crippen molar-refractivity contribution in [3.8, 4) is 16.9 Å². The van der Waals surface area contributed by atoms with Crippen LogP contribution in [0.5, 0.6) is 5.75 Å². The molecule has 5 heteroatoms. The Hall–Kier alpha value is -2.30. The van der Waals surface area contributed by atoms with Crippen LogP contribution in [0.25, 0.3) is 11.1 Å². The molecule has 0 bridgehead atoms. The van der Waals surface area contributed by atoms with Crippen molar-refractivity contribution >= 4 is 5.95 Å². The van der Waals surface area contributed by atoms with Crippen molar-refractivity contribution in [2.75, 3.05) is 12.8 Å². The number of nitrogens with two attached hydrogens (primary N) is 1. The molecule has 0 aliphatic carbocycles. The van der Waals surface area contributed by atoms with Crippen LogP contribution in [0.3, 0.4) is 0 Å². The number of benzene rings is 1. The first-order valence-corrected chi connectivity index (χ1v) is 4.70. The van der Waals surface area contributed by atoms with E-state index in [1.807, 2.05) is 12.1 Å². The predicted molar refractivity (Wildman–Crippen MR) is 61.3 cm³/mol. The molecule has 0 radical (unpaired) electrons. The SMILES string of the molecule is COc1ccccc1-c1cnc(N)[nH]c1=O. The van der Waals surface area contributed by atoms with E-state index in [0.717, 1.165) is 0 Å². The van der Waals surface area contributed by atoms with Crippen molar-refractivity contribution in [1.82, 2.24) is 9.97 Å². The Labute approximate surface area is 91.9 Å². The first kappa shape index (κ1) is 10.2. The number of aromatic amines is 1. The lowest BCUT2D eigenvalue weighted by atomic mass is 10.1. The smallest absolute Gasteiger partial charge is 0.260 e. The summed E-state index contributed by atoms with van der Waals surface area (Å²) in [6.07, 6.45) is 1.44. The monoisotopic (exact) mass is 217 g/mol. The summed E-state index contributed by atoms with van der Waals surface area (Å²) in [4.78, 5) is 18.0. The Bertz CT molecular complexity index is 563. The predicted octanol–water partition coefficient (Wildman–Crippen LogP) is 1.03. The Morgan fingerprint density at radius 3 is 2.75 bits per heavy atom. The molecule has 3 N–H and O–H groups in total. The van der Waals surface area contributed by atoms with Crippen molar-refractivity contribution in [2.24, 2.45) is 0 Å². The highest BCUT2D eigenvalue weighted by Crippen LogP contribution is 2.26. The topological polar surface area (TPSA) is 81.0 Å². The van der Waals surface area contributed by atoms with Gasteiger partial charge in [0.25, 0.3) is 5.56 Å². The van der Waals surface area contributed by atoms with Gasteiger partial charge in [-0.25, -0.2) is 4.98 Å². The molecule has 0 atom stereocenters. The summed E-state index contributed by atoms with van der Waals surface area (Å²) >= 11 is 0. The zero-order valence-electron chi connectivity index (χ0n) is 8.73. The zero-order valence-corrected chi connectivity index (χ0v) is 8.73. The van der Waals surface area contributed by atoms with Gasteiger partial charge in [0.1, 0.15) is 5.75 Å². The molecular weight excluding hydrogens is 206 g/mol. The summed E-state index contributed by atoms with van der Waals surface area (Å²) in [5.74, 6) is 0.725. The standard InChI is InChI=1S/C11H11N3O2/c1-16-9-5-3-2-4-7(9)8-6-13-11(12)14-10(8)15/h2-6H,1H3,(H3,12,13,14,15). The molecule has 5 nitrogen and oxygen atoms in total. The van der Waals surface area contributed by atoms with E-state index in [1.165, 1.54) is 6.20 Å². The molecule has 2 aromatic rings. The summed E-state index contributed by atoms with van der Waals surface area (Å²) < 4.78 is 5.17. The minimum absolute atomic E-state index is 0.101. The molecule has 2 rings (SSSR count). The number of hydrogen-bond donors (Lipinski definition) is 2. The van der Waals surface area contributed by atoms with Crippen molar-refractivity contribution in [2.45, 2.75) is 0 Å². The van der Waals surface area contributed by atoms with Crippen LogP contribution in [-0.4, -0.2) is 17.1 Å². The lowest BCUT2D eigenvalue weighted by Crippen LogP contribution is -2.12. The number of nitrogens with one attached hydrogen (secondary N) is 1. The average Bonchev–Trinajstić information content (AvgIpc) is 2.29. The van der Waals surface area contributed by atoms with Crippen LogP contribution in [0.15, 0.2) is 35.3 Å². The van der Waals surface area contributed by atoms with Crippen LogP contribution < -0.4 is 16.0 Å². The van der Waals surface area contributed by atoms with Crippen LogP contribution in [0, 0.1) is 0 Å². The summed E-state index contributed by atoms with van der Waals surface area (Å²) in [7, 11) is 1.55. The number of methoxy groups -OCH3 is 1. The van der Waals surface area contributed by atoms with E-state index >= 15 is 0 Å². The molecule has 0 spiro atoms. The van der Waals surface area contributed by atoms with Gasteiger partial charge in [0.15, 0.2) is 5.95 Å². The van der Waals surface area contributed by atoms with Crippen molar-refractivity contribution in [3.05, 3.63) is 40.8 Å². The third kappa shape index (κ3) is 1.75. The first-order chi connectivity index (χ1) is 7.72. The largest absolute Gasteiger partial charge is 0.496 e. The molecule has 1 aromatic carbocycles. The number of hydrogen-bond acceptors (Lipinski definition) is 4. The maximum absolute atomic E-state index is 11.7. The van der Waals surface area contributed by atoms with Gasteiger partial charge in [0.05, 0.1) is 12.7 Å². The van der Waals surface area contributed by atoms with Gasteiger partial charge in [0.2, 0.25) is 0 Å². The summed E-state index contributed by atoms with van der Waals surface area (Å²) in [5.41, 5.74) is 6.23. The fourth-order valence-electron chi connectivity index (χ4n) is 1.47. The first-order valence-electron chi connectivity index (χ1n) is 4.70. The highest BCUT2D eigenvalue weighted by atomic mass is 16.5. The second kappa shape index (κ2) is 4.06.